The molecule has 3 nitrogen and oxygen atoms in total. The molecule has 0 spiro atoms. The topological polar surface area (TPSA) is 34.1 Å². The van der Waals surface area contributed by atoms with Crippen molar-refractivity contribution < 1.29 is 4.74 Å². The lowest BCUT2D eigenvalue weighted by molar-refractivity contribution is 0.303. The van der Waals surface area contributed by atoms with Gasteiger partial charge >= 0.3 is 0 Å². The van der Waals surface area contributed by atoms with Gasteiger partial charge in [0.25, 0.3) is 0 Å². The van der Waals surface area contributed by atoms with Gasteiger partial charge in [0.1, 0.15) is 5.75 Å². The maximum atomic E-state index is 5.66. The Hall–Kier alpha value is -1.09. The van der Waals surface area contributed by atoms with Crippen molar-refractivity contribution in [1.29, 1.82) is 0 Å². The highest BCUT2D eigenvalue weighted by Crippen LogP contribution is 2.11. The molecule has 0 aliphatic rings. The van der Waals surface area contributed by atoms with Crippen LogP contribution in [-0.4, -0.2) is 18.6 Å². The van der Waals surface area contributed by atoms with Gasteiger partial charge in [-0.1, -0.05) is 39.0 Å². The zero-order valence-electron chi connectivity index (χ0n) is 11.7. The zero-order chi connectivity index (χ0) is 13.1. The fourth-order valence-corrected chi connectivity index (χ4v) is 1.85. The van der Waals surface area contributed by atoms with Crippen LogP contribution in [0.15, 0.2) is 18.3 Å². The molecular formula is C15H26N2O. The fourth-order valence-electron chi connectivity index (χ4n) is 1.85. The van der Waals surface area contributed by atoms with Crippen molar-refractivity contribution in [2.45, 2.75) is 52.0 Å². The van der Waals surface area contributed by atoms with Gasteiger partial charge in [-0.05, 0) is 25.6 Å². The lowest BCUT2D eigenvalue weighted by Crippen LogP contribution is -2.06. The van der Waals surface area contributed by atoms with Gasteiger partial charge in [-0.2, -0.15) is 0 Å². The number of aromatic nitrogens is 1. The molecule has 0 unspecified atom stereocenters. The summed E-state index contributed by atoms with van der Waals surface area (Å²) in [5.41, 5.74) is 1.05. The monoisotopic (exact) mass is 250 g/mol. The summed E-state index contributed by atoms with van der Waals surface area (Å²) in [5, 5.41) is 3.08. The van der Waals surface area contributed by atoms with Gasteiger partial charge in [0.15, 0.2) is 0 Å². The van der Waals surface area contributed by atoms with Gasteiger partial charge in [-0.3, -0.25) is 4.98 Å². The van der Waals surface area contributed by atoms with Crippen LogP contribution in [0.2, 0.25) is 0 Å². The van der Waals surface area contributed by atoms with Crippen LogP contribution in [0.3, 0.4) is 0 Å². The van der Waals surface area contributed by atoms with Gasteiger partial charge < -0.3 is 10.1 Å². The lowest BCUT2D eigenvalue weighted by Gasteiger charge is -2.06. The van der Waals surface area contributed by atoms with Gasteiger partial charge in [0, 0.05) is 6.54 Å². The smallest absolute Gasteiger partial charge is 0.137 e. The number of nitrogens with zero attached hydrogens (tertiary/aromatic N) is 1. The maximum absolute atomic E-state index is 5.66. The molecule has 3 heteroatoms. The molecule has 1 aromatic heterocycles. The third-order valence-electron chi connectivity index (χ3n) is 2.92. The van der Waals surface area contributed by atoms with Crippen LogP contribution in [0.25, 0.3) is 0 Å². The summed E-state index contributed by atoms with van der Waals surface area (Å²) in [7, 11) is 1.92. The van der Waals surface area contributed by atoms with Crippen LogP contribution in [0.5, 0.6) is 5.75 Å². The second-order valence-electron chi connectivity index (χ2n) is 4.63. The van der Waals surface area contributed by atoms with Crippen LogP contribution in [0.1, 0.15) is 51.1 Å². The first-order valence-corrected chi connectivity index (χ1v) is 7.09. The fraction of sp³-hybridized carbons (Fsp3) is 0.667. The van der Waals surface area contributed by atoms with Crippen molar-refractivity contribution in [1.82, 2.24) is 10.3 Å². The Labute approximate surface area is 111 Å². The van der Waals surface area contributed by atoms with Crippen LogP contribution in [-0.2, 0) is 6.54 Å². The predicted molar refractivity (Wildman–Crippen MR) is 75.9 cm³/mol. The normalized spacial score (nSPS) is 10.6. The molecule has 1 N–H and O–H groups in total. The molecule has 1 aromatic rings. The Bertz CT molecular complexity index is 298. The van der Waals surface area contributed by atoms with Crippen molar-refractivity contribution in [2.75, 3.05) is 13.7 Å². The van der Waals surface area contributed by atoms with E-state index in [0.29, 0.717) is 0 Å². The summed E-state index contributed by atoms with van der Waals surface area (Å²) in [4.78, 5) is 4.32. The van der Waals surface area contributed by atoms with E-state index < -0.39 is 0 Å². The van der Waals surface area contributed by atoms with Gasteiger partial charge in [0.05, 0.1) is 18.5 Å². The second kappa shape index (κ2) is 9.89. The summed E-state index contributed by atoms with van der Waals surface area (Å²) in [6.07, 6.45) is 9.57. The van der Waals surface area contributed by atoms with E-state index >= 15 is 0 Å². The van der Waals surface area contributed by atoms with Crippen LogP contribution >= 0.6 is 0 Å². The Morgan fingerprint density at radius 1 is 1.11 bits per heavy atom. The Kier molecular flexibility index (Phi) is 8.23. The molecule has 0 atom stereocenters. The number of nitrogens with one attached hydrogen (secondary N) is 1. The zero-order valence-corrected chi connectivity index (χ0v) is 11.7. The molecule has 0 saturated carbocycles. The van der Waals surface area contributed by atoms with Crippen LogP contribution in [0, 0.1) is 0 Å². The first kappa shape index (κ1) is 15.0. The molecular weight excluding hydrogens is 224 g/mol. The number of unbranched alkanes of at least 4 members (excludes halogenated alkanes) is 5. The molecule has 0 aliphatic heterocycles. The molecule has 0 saturated heterocycles. The standard InChI is InChI=1S/C15H26N2O/c1-3-4-5-6-7-8-11-18-15-10-9-14(12-16-2)17-13-15/h9-10,13,16H,3-8,11-12H2,1-2H3. The quantitative estimate of drug-likeness (QED) is 0.645. The molecule has 102 valence electrons. The highest BCUT2D eigenvalue weighted by Gasteiger charge is 1.96. The molecule has 1 heterocycles. The summed E-state index contributed by atoms with van der Waals surface area (Å²) >= 11 is 0. The number of hydrogen-bond acceptors (Lipinski definition) is 3. The second-order valence-corrected chi connectivity index (χ2v) is 4.63. The Balaban J connectivity index is 2.08. The number of ether oxygens (including phenoxy) is 1. The largest absolute Gasteiger partial charge is 0.492 e. The van der Waals surface area contributed by atoms with E-state index in [-0.39, 0.29) is 0 Å². The van der Waals surface area contributed by atoms with Crippen molar-refractivity contribution in [3.63, 3.8) is 0 Å². The van der Waals surface area contributed by atoms with E-state index in [4.69, 9.17) is 4.74 Å². The van der Waals surface area contributed by atoms with Crippen LogP contribution < -0.4 is 10.1 Å². The summed E-state index contributed by atoms with van der Waals surface area (Å²) < 4.78 is 5.66. The van der Waals surface area contributed by atoms with Gasteiger partial charge in [0.2, 0.25) is 0 Å². The Morgan fingerprint density at radius 3 is 2.56 bits per heavy atom. The maximum Gasteiger partial charge on any atom is 0.137 e. The summed E-state index contributed by atoms with van der Waals surface area (Å²) in [6, 6.07) is 4.00. The minimum Gasteiger partial charge on any atom is -0.492 e. The van der Waals surface area contributed by atoms with Crippen molar-refractivity contribution in [2.24, 2.45) is 0 Å². The van der Waals surface area contributed by atoms with E-state index in [1.54, 1.807) is 0 Å². The number of hydrogen-bond donors (Lipinski definition) is 1. The molecule has 0 fully saturated rings. The van der Waals surface area contributed by atoms with E-state index in [1.165, 1.54) is 32.1 Å². The molecule has 18 heavy (non-hydrogen) atoms. The molecule has 1 rings (SSSR count). The SMILES string of the molecule is CCCCCCCCOc1ccc(CNC)nc1. The summed E-state index contributed by atoms with van der Waals surface area (Å²) in [5.74, 6) is 0.878. The van der Waals surface area contributed by atoms with E-state index in [1.807, 2.05) is 25.4 Å². The summed E-state index contributed by atoms with van der Waals surface area (Å²) in [6.45, 7) is 3.85. The minimum atomic E-state index is 0.803. The average Bonchev–Trinajstić information content (AvgIpc) is 2.40. The van der Waals surface area contributed by atoms with Crippen molar-refractivity contribution in [3.05, 3.63) is 24.0 Å². The van der Waals surface area contributed by atoms with Gasteiger partial charge in [-0.25, -0.2) is 0 Å². The number of pyridine rings is 1. The van der Waals surface area contributed by atoms with Crippen molar-refractivity contribution in [3.8, 4) is 5.75 Å². The molecule has 0 amide bonds. The van der Waals surface area contributed by atoms with E-state index in [2.05, 4.69) is 17.2 Å². The van der Waals surface area contributed by atoms with Gasteiger partial charge in [-0.15, -0.1) is 0 Å². The third-order valence-corrected chi connectivity index (χ3v) is 2.92. The molecule has 0 aromatic carbocycles. The van der Waals surface area contributed by atoms with E-state index in [0.717, 1.165) is 31.0 Å². The Morgan fingerprint density at radius 2 is 1.89 bits per heavy atom. The highest BCUT2D eigenvalue weighted by atomic mass is 16.5. The average molecular weight is 250 g/mol. The van der Waals surface area contributed by atoms with Crippen molar-refractivity contribution >= 4 is 0 Å². The molecule has 0 radical (unpaired) electrons. The lowest BCUT2D eigenvalue weighted by atomic mass is 10.1. The third kappa shape index (κ3) is 6.60. The molecule has 0 bridgehead atoms. The van der Waals surface area contributed by atoms with Crippen LogP contribution in [0.4, 0.5) is 0 Å². The van der Waals surface area contributed by atoms with E-state index in [9.17, 15) is 0 Å². The molecule has 0 aliphatic carbocycles. The minimum absolute atomic E-state index is 0.803. The first-order chi connectivity index (χ1) is 8.86. The number of rotatable bonds is 10. The first-order valence-electron chi connectivity index (χ1n) is 7.09. The highest BCUT2D eigenvalue weighted by molar-refractivity contribution is 5.19. The predicted octanol–water partition coefficient (Wildman–Crippen LogP) is 3.54.